The molecule has 0 saturated carbocycles. The van der Waals surface area contributed by atoms with Crippen LogP contribution >= 0.6 is 15.9 Å². The highest BCUT2D eigenvalue weighted by molar-refractivity contribution is 9.10. The summed E-state index contributed by atoms with van der Waals surface area (Å²) in [4.78, 5) is 31.8. The summed E-state index contributed by atoms with van der Waals surface area (Å²) in [7, 11) is 0. The van der Waals surface area contributed by atoms with E-state index in [9.17, 15) is 9.59 Å². The van der Waals surface area contributed by atoms with Gasteiger partial charge in [-0.3, -0.25) is 14.5 Å². The Kier molecular flexibility index (Phi) is 25.2. The fourth-order valence-electron chi connectivity index (χ4n) is 3.56. The summed E-state index contributed by atoms with van der Waals surface area (Å²) in [5, 5.41) is 0. The molecular weight excluding hydrogens is 532 g/mol. The maximum atomic E-state index is 11.2. The SMILES string of the molecule is C=O.CC.CCCC[C@@H]1CN(Cc2ccccc2)C[C@H]1OC(C)=O.CCCN.O=Cc1ccccc1Br. The molecule has 2 N–H and O–H groups in total. The zero-order chi connectivity index (χ0) is 28.5. The van der Waals surface area contributed by atoms with Crippen LogP contribution in [0.1, 0.15) is 76.2 Å². The standard InChI is InChI=1S/C17H25NO2.C7H5BrO.C3H9N.C2H6.CH2O/c1-3-4-10-16-12-18(13-17(16)20-14(2)19)11-15-8-6-5-7-9-15;8-7-4-2-1-3-6(7)5-9;1-2-3-4;2*1-2/h5-9,16-17H,3-4,10-13H2,1-2H3;1-5H;2-4H2,1H3;1-2H3;1H2/t16-,17-;;;;/m1..../s1. The van der Waals surface area contributed by atoms with Gasteiger partial charge in [-0.25, -0.2) is 0 Å². The van der Waals surface area contributed by atoms with Crippen molar-refractivity contribution < 1.29 is 19.1 Å². The van der Waals surface area contributed by atoms with Crippen LogP contribution in [0.5, 0.6) is 0 Å². The lowest BCUT2D eigenvalue weighted by atomic mass is 9.99. The summed E-state index contributed by atoms with van der Waals surface area (Å²) >= 11 is 3.23. The molecule has 0 amide bonds. The summed E-state index contributed by atoms with van der Waals surface area (Å²) in [6.07, 6.45) is 5.55. The van der Waals surface area contributed by atoms with E-state index >= 15 is 0 Å². The molecule has 1 heterocycles. The van der Waals surface area contributed by atoms with E-state index in [1.807, 2.05) is 44.9 Å². The molecule has 2 aromatic carbocycles. The van der Waals surface area contributed by atoms with Crippen LogP contribution in [0, 0.1) is 5.92 Å². The van der Waals surface area contributed by atoms with Crippen molar-refractivity contribution in [1.29, 1.82) is 0 Å². The molecule has 0 bridgehead atoms. The molecule has 0 spiro atoms. The Morgan fingerprint density at radius 3 is 2.08 bits per heavy atom. The molecule has 1 saturated heterocycles. The number of esters is 1. The third-order valence-electron chi connectivity index (χ3n) is 5.27. The molecular formula is C30H47BrN2O4. The van der Waals surface area contributed by atoms with Crippen molar-refractivity contribution in [3.8, 4) is 0 Å². The van der Waals surface area contributed by atoms with E-state index in [0.717, 1.165) is 49.8 Å². The number of nitrogens with two attached hydrogens (primary N) is 1. The summed E-state index contributed by atoms with van der Waals surface area (Å²) in [6.45, 7) is 15.4. The van der Waals surface area contributed by atoms with Crippen molar-refractivity contribution in [2.45, 2.75) is 73.0 Å². The van der Waals surface area contributed by atoms with E-state index in [2.05, 4.69) is 58.9 Å². The minimum Gasteiger partial charge on any atom is -0.461 e. The molecule has 0 aliphatic carbocycles. The van der Waals surface area contributed by atoms with Gasteiger partial charge < -0.3 is 15.3 Å². The van der Waals surface area contributed by atoms with Crippen LogP contribution in [0.15, 0.2) is 59.1 Å². The van der Waals surface area contributed by atoms with E-state index in [0.29, 0.717) is 11.5 Å². The Morgan fingerprint density at radius 1 is 1.05 bits per heavy atom. The Balaban J connectivity index is 0. The number of halogens is 1. The summed E-state index contributed by atoms with van der Waals surface area (Å²) < 4.78 is 6.36. The Labute approximate surface area is 233 Å². The number of carbonyl (C=O) groups is 3. The molecule has 6 nitrogen and oxygen atoms in total. The van der Waals surface area contributed by atoms with Crippen molar-refractivity contribution >= 4 is 35.0 Å². The lowest BCUT2D eigenvalue weighted by Gasteiger charge is -2.17. The molecule has 1 aliphatic rings. The summed E-state index contributed by atoms with van der Waals surface area (Å²) in [5.74, 6) is 0.334. The smallest absolute Gasteiger partial charge is 0.302 e. The molecule has 208 valence electrons. The first kappa shape index (κ1) is 36.8. The Bertz CT molecular complexity index is 818. The fraction of sp³-hybridized carbons (Fsp3) is 0.500. The minimum absolute atomic E-state index is 0.0720. The number of unbranched alkanes of at least 4 members (excludes halogenated alkanes) is 1. The summed E-state index contributed by atoms with van der Waals surface area (Å²) in [6, 6.07) is 17.8. The molecule has 0 unspecified atom stereocenters. The van der Waals surface area contributed by atoms with Gasteiger partial charge in [0.05, 0.1) is 0 Å². The summed E-state index contributed by atoms with van der Waals surface area (Å²) in [5.41, 5.74) is 7.04. The quantitative estimate of drug-likeness (QED) is 0.277. The van der Waals surface area contributed by atoms with Gasteiger partial charge in [-0.05, 0) is 31.0 Å². The maximum Gasteiger partial charge on any atom is 0.302 e. The van der Waals surface area contributed by atoms with Crippen LogP contribution in [0.4, 0.5) is 0 Å². The van der Waals surface area contributed by atoms with E-state index in [-0.39, 0.29) is 12.1 Å². The van der Waals surface area contributed by atoms with Crippen LogP contribution in [-0.4, -0.2) is 49.7 Å². The fourth-order valence-corrected chi connectivity index (χ4v) is 3.94. The highest BCUT2D eigenvalue weighted by Gasteiger charge is 2.34. The first-order valence-corrected chi connectivity index (χ1v) is 13.9. The second kappa shape index (κ2) is 25.3. The average Bonchev–Trinajstić information content (AvgIpc) is 3.30. The molecule has 2 atom stereocenters. The van der Waals surface area contributed by atoms with Crippen molar-refractivity contribution in [2.75, 3.05) is 19.6 Å². The first-order chi connectivity index (χ1) is 17.9. The number of hydrogen-bond acceptors (Lipinski definition) is 6. The molecule has 7 heteroatoms. The maximum absolute atomic E-state index is 11.2. The van der Waals surface area contributed by atoms with Gasteiger partial charge in [-0.15, -0.1) is 0 Å². The van der Waals surface area contributed by atoms with Crippen molar-refractivity contribution in [3.63, 3.8) is 0 Å². The van der Waals surface area contributed by atoms with Crippen LogP contribution < -0.4 is 5.73 Å². The topological polar surface area (TPSA) is 89.7 Å². The molecule has 37 heavy (non-hydrogen) atoms. The largest absolute Gasteiger partial charge is 0.461 e. The number of benzene rings is 2. The number of rotatable bonds is 8. The first-order valence-electron chi connectivity index (χ1n) is 13.1. The van der Waals surface area contributed by atoms with Crippen molar-refractivity contribution in [1.82, 2.24) is 4.90 Å². The number of nitrogens with zero attached hydrogens (tertiary/aromatic N) is 1. The monoisotopic (exact) mass is 578 g/mol. The van der Waals surface area contributed by atoms with Gasteiger partial charge in [0, 0.05) is 42.5 Å². The van der Waals surface area contributed by atoms with Gasteiger partial charge >= 0.3 is 5.97 Å². The predicted molar refractivity (Wildman–Crippen MR) is 158 cm³/mol. The Morgan fingerprint density at radius 2 is 1.62 bits per heavy atom. The lowest BCUT2D eigenvalue weighted by Crippen LogP contribution is -2.25. The highest BCUT2D eigenvalue weighted by Crippen LogP contribution is 2.26. The molecule has 0 aromatic heterocycles. The van der Waals surface area contributed by atoms with Gasteiger partial charge in [0.1, 0.15) is 12.9 Å². The molecule has 1 fully saturated rings. The van der Waals surface area contributed by atoms with Gasteiger partial charge in [0.2, 0.25) is 0 Å². The number of aldehydes is 1. The predicted octanol–water partition coefficient (Wildman–Crippen LogP) is 6.70. The Hall–Kier alpha value is -2.35. The molecule has 2 aromatic rings. The van der Waals surface area contributed by atoms with Crippen LogP contribution in [0.3, 0.4) is 0 Å². The zero-order valence-electron chi connectivity index (χ0n) is 23.3. The van der Waals surface area contributed by atoms with E-state index in [1.165, 1.54) is 25.3 Å². The van der Waals surface area contributed by atoms with Crippen molar-refractivity contribution in [2.24, 2.45) is 11.7 Å². The van der Waals surface area contributed by atoms with Gasteiger partial charge in [0.15, 0.2) is 6.29 Å². The number of hydrogen-bond donors (Lipinski definition) is 1. The minimum atomic E-state index is -0.155. The van der Waals surface area contributed by atoms with Crippen molar-refractivity contribution in [3.05, 3.63) is 70.2 Å². The third kappa shape index (κ3) is 17.7. The highest BCUT2D eigenvalue weighted by atomic mass is 79.9. The van der Waals surface area contributed by atoms with Gasteiger partial charge in [-0.1, -0.05) is 105 Å². The molecule has 0 radical (unpaired) electrons. The lowest BCUT2D eigenvalue weighted by molar-refractivity contribution is -0.147. The average molecular weight is 580 g/mol. The van der Waals surface area contributed by atoms with Gasteiger partial charge in [-0.2, -0.15) is 0 Å². The number of carbonyl (C=O) groups excluding carboxylic acids is 3. The number of likely N-dealkylation sites (tertiary alicyclic amines) is 1. The second-order valence-corrected chi connectivity index (χ2v) is 9.01. The van der Waals surface area contributed by atoms with E-state index in [4.69, 9.17) is 15.3 Å². The second-order valence-electron chi connectivity index (χ2n) is 8.16. The zero-order valence-corrected chi connectivity index (χ0v) is 24.9. The van der Waals surface area contributed by atoms with Crippen LogP contribution in [-0.2, 0) is 20.9 Å². The van der Waals surface area contributed by atoms with E-state index in [1.54, 1.807) is 6.07 Å². The van der Waals surface area contributed by atoms with Gasteiger partial charge in [0.25, 0.3) is 0 Å². The molecule has 1 aliphatic heterocycles. The van der Waals surface area contributed by atoms with Crippen LogP contribution in [0.2, 0.25) is 0 Å². The third-order valence-corrected chi connectivity index (χ3v) is 5.99. The number of ether oxygens (including phenoxy) is 1. The van der Waals surface area contributed by atoms with E-state index < -0.39 is 0 Å². The van der Waals surface area contributed by atoms with Crippen LogP contribution in [0.25, 0.3) is 0 Å². The molecule has 3 rings (SSSR count). The normalized spacial score (nSPS) is 15.6.